The molecule has 140 valence electrons. The molecule has 9 nitrogen and oxygen atoms in total. The molecular formula is C18H17N3O6. The lowest BCUT2D eigenvalue weighted by molar-refractivity contribution is -0.282. The van der Waals surface area contributed by atoms with Crippen LogP contribution in [0.5, 0.6) is 5.75 Å². The van der Waals surface area contributed by atoms with Gasteiger partial charge in [0, 0.05) is 18.3 Å². The summed E-state index contributed by atoms with van der Waals surface area (Å²) in [6, 6.07) is 10.5. The molecule has 1 aromatic carbocycles. The number of nitrogens with one attached hydrogen (secondary N) is 1. The highest BCUT2D eigenvalue weighted by atomic mass is 17.2. The molecule has 27 heavy (non-hydrogen) atoms. The zero-order chi connectivity index (χ0) is 19.4. The van der Waals surface area contributed by atoms with Crippen LogP contribution in [0.15, 0.2) is 47.4 Å². The summed E-state index contributed by atoms with van der Waals surface area (Å²) in [6.45, 7) is 0.182. The molecule has 0 saturated heterocycles. The number of hydrogen-bond acceptors (Lipinski definition) is 7. The molecule has 0 saturated carbocycles. The number of hydrogen-bond donors (Lipinski definition) is 3. The number of aromatic hydroxyl groups is 1. The first-order valence-corrected chi connectivity index (χ1v) is 7.96. The van der Waals surface area contributed by atoms with Gasteiger partial charge >= 0.3 is 5.56 Å². The molecule has 0 atom stereocenters. The highest BCUT2D eigenvalue weighted by Crippen LogP contribution is 2.26. The summed E-state index contributed by atoms with van der Waals surface area (Å²) in [6.07, 6.45) is 1.35. The fourth-order valence-electron chi connectivity index (χ4n) is 2.56. The van der Waals surface area contributed by atoms with Gasteiger partial charge in [-0.3, -0.25) is 9.59 Å². The second-order valence-electron chi connectivity index (χ2n) is 5.65. The second kappa shape index (κ2) is 7.85. The summed E-state index contributed by atoms with van der Waals surface area (Å²) in [5.41, 5.74) is -0.505. The predicted octanol–water partition coefficient (Wildman–Crippen LogP) is 1.35. The third-order valence-corrected chi connectivity index (χ3v) is 3.89. The molecule has 0 fully saturated rings. The Bertz CT molecular complexity index is 1030. The predicted molar refractivity (Wildman–Crippen MR) is 94.3 cm³/mol. The van der Waals surface area contributed by atoms with Crippen molar-refractivity contribution in [2.24, 2.45) is 0 Å². The van der Waals surface area contributed by atoms with Crippen LogP contribution in [0.25, 0.3) is 11.0 Å². The Morgan fingerprint density at radius 1 is 1.26 bits per heavy atom. The Morgan fingerprint density at radius 3 is 2.70 bits per heavy atom. The van der Waals surface area contributed by atoms with Crippen LogP contribution in [0, 0.1) is 0 Å². The molecular weight excluding hydrogens is 354 g/mol. The van der Waals surface area contributed by atoms with Crippen molar-refractivity contribution < 1.29 is 24.9 Å². The van der Waals surface area contributed by atoms with Crippen molar-refractivity contribution in [2.75, 3.05) is 7.11 Å². The van der Waals surface area contributed by atoms with Gasteiger partial charge < -0.3 is 15.6 Å². The Morgan fingerprint density at radius 2 is 2.00 bits per heavy atom. The van der Waals surface area contributed by atoms with Crippen LogP contribution in [-0.4, -0.2) is 33.0 Å². The third kappa shape index (κ3) is 3.73. The van der Waals surface area contributed by atoms with Crippen LogP contribution in [0.3, 0.4) is 0 Å². The van der Waals surface area contributed by atoms with Crippen molar-refractivity contribution in [3.05, 3.63) is 69.6 Å². The monoisotopic (exact) mass is 371 g/mol. The Hall–Kier alpha value is -3.43. The molecule has 3 aromatic rings. The molecule has 0 bridgehead atoms. The summed E-state index contributed by atoms with van der Waals surface area (Å²) < 4.78 is 0.230. The van der Waals surface area contributed by atoms with E-state index in [9.17, 15) is 19.9 Å². The van der Waals surface area contributed by atoms with E-state index in [1.807, 2.05) is 18.2 Å². The van der Waals surface area contributed by atoms with E-state index in [-0.39, 0.29) is 28.9 Å². The van der Waals surface area contributed by atoms with Crippen LogP contribution in [-0.2, 0) is 22.9 Å². The summed E-state index contributed by atoms with van der Waals surface area (Å²) in [7, 11) is 1.34. The standard InChI is InChI=1S/C18H17N3O6/c1-26-27-10-12-7-13-15(22)14(18(24)21(25)16(13)19-9-12)17(23)20-8-11-5-3-2-4-6-11/h2-7,9,22,25H,8,10H2,1H3,(H,20,23). The lowest BCUT2D eigenvalue weighted by atomic mass is 10.1. The molecule has 0 spiro atoms. The topological polar surface area (TPSA) is 123 Å². The van der Waals surface area contributed by atoms with E-state index in [2.05, 4.69) is 15.2 Å². The molecule has 3 rings (SSSR count). The minimum Gasteiger partial charge on any atom is -0.506 e. The Labute approximate surface area is 153 Å². The lowest BCUT2D eigenvalue weighted by Gasteiger charge is -2.11. The maximum atomic E-state index is 12.5. The number of fused-ring (bicyclic) bond motifs is 1. The first-order valence-electron chi connectivity index (χ1n) is 7.96. The van der Waals surface area contributed by atoms with E-state index in [1.54, 1.807) is 12.1 Å². The largest absolute Gasteiger partial charge is 0.506 e. The number of amides is 1. The average molecular weight is 371 g/mol. The molecule has 2 heterocycles. The van der Waals surface area contributed by atoms with Crippen molar-refractivity contribution in [1.82, 2.24) is 15.0 Å². The summed E-state index contributed by atoms with van der Waals surface area (Å²) in [4.78, 5) is 38.0. The fourth-order valence-corrected chi connectivity index (χ4v) is 2.56. The minimum absolute atomic E-state index is 0.0268. The first kappa shape index (κ1) is 18.4. The second-order valence-corrected chi connectivity index (χ2v) is 5.65. The molecule has 0 aliphatic heterocycles. The molecule has 9 heteroatoms. The van der Waals surface area contributed by atoms with Crippen LogP contribution in [0.1, 0.15) is 21.5 Å². The summed E-state index contributed by atoms with van der Waals surface area (Å²) in [5, 5.41) is 23.1. The van der Waals surface area contributed by atoms with Gasteiger partial charge in [-0.1, -0.05) is 30.3 Å². The quantitative estimate of drug-likeness (QED) is 0.339. The highest BCUT2D eigenvalue weighted by molar-refractivity contribution is 6.01. The molecule has 0 unspecified atom stereocenters. The van der Waals surface area contributed by atoms with Crippen molar-refractivity contribution >= 4 is 16.9 Å². The van der Waals surface area contributed by atoms with Crippen molar-refractivity contribution in [2.45, 2.75) is 13.2 Å². The number of benzene rings is 1. The van der Waals surface area contributed by atoms with Gasteiger partial charge in [-0.25, -0.2) is 14.8 Å². The van der Waals surface area contributed by atoms with E-state index in [4.69, 9.17) is 4.89 Å². The van der Waals surface area contributed by atoms with E-state index >= 15 is 0 Å². The maximum Gasteiger partial charge on any atom is 0.301 e. The van der Waals surface area contributed by atoms with Crippen LogP contribution in [0.4, 0.5) is 0 Å². The SMILES string of the molecule is COOCc1cnc2c(c1)c(O)c(C(=O)NCc1ccccc1)c(=O)n2O. The highest BCUT2D eigenvalue weighted by Gasteiger charge is 2.23. The minimum atomic E-state index is -1.07. The fraction of sp³-hybridized carbons (Fsp3) is 0.167. The normalized spacial score (nSPS) is 10.9. The Balaban J connectivity index is 1.98. The smallest absolute Gasteiger partial charge is 0.301 e. The van der Waals surface area contributed by atoms with Crippen molar-refractivity contribution in [1.29, 1.82) is 0 Å². The number of nitrogens with zero attached hydrogens (tertiary/aromatic N) is 2. The molecule has 1 amide bonds. The zero-order valence-corrected chi connectivity index (χ0v) is 14.4. The number of pyridine rings is 2. The summed E-state index contributed by atoms with van der Waals surface area (Å²) >= 11 is 0. The van der Waals surface area contributed by atoms with E-state index in [1.165, 1.54) is 19.4 Å². The van der Waals surface area contributed by atoms with E-state index in [0.29, 0.717) is 5.56 Å². The van der Waals surface area contributed by atoms with Crippen LogP contribution >= 0.6 is 0 Å². The van der Waals surface area contributed by atoms with Gasteiger partial charge in [0.1, 0.15) is 12.4 Å². The van der Waals surface area contributed by atoms with Gasteiger partial charge in [0.2, 0.25) is 0 Å². The van der Waals surface area contributed by atoms with Crippen LogP contribution < -0.4 is 10.9 Å². The zero-order valence-electron chi connectivity index (χ0n) is 14.4. The van der Waals surface area contributed by atoms with Gasteiger partial charge in [-0.05, 0) is 11.6 Å². The number of carbonyl (C=O) groups is 1. The van der Waals surface area contributed by atoms with Crippen LogP contribution in [0.2, 0.25) is 0 Å². The molecule has 3 N–H and O–H groups in total. The van der Waals surface area contributed by atoms with E-state index in [0.717, 1.165) is 5.56 Å². The van der Waals surface area contributed by atoms with Gasteiger partial charge in [0.15, 0.2) is 11.2 Å². The van der Waals surface area contributed by atoms with Crippen molar-refractivity contribution in [3.63, 3.8) is 0 Å². The van der Waals surface area contributed by atoms with E-state index < -0.39 is 22.8 Å². The lowest BCUT2D eigenvalue weighted by Crippen LogP contribution is -2.32. The molecule has 0 aliphatic carbocycles. The van der Waals surface area contributed by atoms with Crippen molar-refractivity contribution in [3.8, 4) is 5.75 Å². The third-order valence-electron chi connectivity index (χ3n) is 3.89. The molecule has 0 radical (unpaired) electrons. The van der Waals surface area contributed by atoms with Gasteiger partial charge in [-0.2, -0.15) is 0 Å². The van der Waals surface area contributed by atoms with Gasteiger partial charge in [0.25, 0.3) is 5.91 Å². The summed E-state index contributed by atoms with van der Waals surface area (Å²) in [5.74, 6) is -1.39. The number of aromatic nitrogens is 2. The molecule has 0 aliphatic rings. The van der Waals surface area contributed by atoms with Gasteiger partial charge in [-0.15, -0.1) is 4.73 Å². The van der Waals surface area contributed by atoms with Gasteiger partial charge in [0.05, 0.1) is 12.5 Å². The number of carbonyl (C=O) groups excluding carboxylic acids is 1. The Kier molecular flexibility index (Phi) is 5.34. The number of rotatable bonds is 6. The average Bonchev–Trinajstić information content (AvgIpc) is 2.70. The molecule has 2 aromatic heterocycles. The maximum absolute atomic E-state index is 12.5. The first-order chi connectivity index (χ1) is 13.0.